The smallest absolute Gasteiger partial charge is 0.209 e. The molecule has 0 saturated heterocycles. The first-order valence-corrected chi connectivity index (χ1v) is 6.75. The van der Waals surface area contributed by atoms with E-state index in [1.807, 2.05) is 18.2 Å². The van der Waals surface area contributed by atoms with Crippen molar-refractivity contribution in [1.29, 1.82) is 0 Å². The Bertz CT molecular complexity index is 489. The van der Waals surface area contributed by atoms with Gasteiger partial charge < -0.3 is 4.74 Å². The minimum Gasteiger partial charge on any atom is -0.467 e. The highest BCUT2D eigenvalue weighted by Crippen LogP contribution is 2.40. The lowest BCUT2D eigenvalue weighted by Crippen LogP contribution is -2.30. The maximum Gasteiger partial charge on any atom is 0.209 e. The van der Waals surface area contributed by atoms with Gasteiger partial charge in [0.05, 0.1) is 6.54 Å². The van der Waals surface area contributed by atoms with E-state index in [1.165, 1.54) is 30.4 Å². The molecule has 2 nitrogen and oxygen atoms in total. The highest BCUT2D eigenvalue weighted by atomic mass is 16.5. The number of rotatable bonds is 2. The summed E-state index contributed by atoms with van der Waals surface area (Å²) in [6.45, 7) is 2.90. The molecule has 1 fully saturated rings. The molecule has 1 unspecified atom stereocenters. The van der Waals surface area contributed by atoms with E-state index in [2.05, 4.69) is 30.1 Å². The van der Waals surface area contributed by atoms with Crippen molar-refractivity contribution < 1.29 is 4.74 Å². The zero-order valence-corrected chi connectivity index (χ0v) is 10.9. The van der Waals surface area contributed by atoms with Crippen molar-refractivity contribution in [3.63, 3.8) is 0 Å². The summed E-state index contributed by atoms with van der Waals surface area (Å²) < 4.78 is 6.03. The van der Waals surface area contributed by atoms with E-state index in [9.17, 15) is 0 Å². The van der Waals surface area contributed by atoms with Gasteiger partial charge in [0.25, 0.3) is 0 Å². The van der Waals surface area contributed by atoms with E-state index >= 15 is 0 Å². The molecule has 1 aliphatic heterocycles. The monoisotopic (exact) mass is 241 g/mol. The van der Waals surface area contributed by atoms with Gasteiger partial charge in [-0.3, -0.25) is 0 Å². The maximum absolute atomic E-state index is 6.03. The molecule has 1 heterocycles. The summed E-state index contributed by atoms with van der Waals surface area (Å²) in [7, 11) is 0. The van der Waals surface area contributed by atoms with Crippen LogP contribution in [-0.4, -0.2) is 11.5 Å². The summed E-state index contributed by atoms with van der Waals surface area (Å²) in [6, 6.07) is 10.3. The van der Waals surface area contributed by atoms with Gasteiger partial charge in [-0.05, 0) is 43.7 Å². The van der Waals surface area contributed by atoms with Gasteiger partial charge in [-0.25, -0.2) is 4.99 Å². The standard InChI is InChI=1S/C16H19NO/c1-16-10-6-5-9-14(16)11-15(18-16)17-12-13-7-3-2-4-8-13/h2-4,7-8,11H,5-6,9-10,12H2,1H3. The molecule has 1 aromatic rings. The second-order valence-electron chi connectivity index (χ2n) is 5.35. The lowest BCUT2D eigenvalue weighted by atomic mass is 9.82. The third-order valence-corrected chi connectivity index (χ3v) is 3.92. The number of nitrogens with zero attached hydrogens (tertiary/aromatic N) is 1. The van der Waals surface area contributed by atoms with Crippen molar-refractivity contribution >= 4 is 5.90 Å². The van der Waals surface area contributed by atoms with Gasteiger partial charge in [0.15, 0.2) is 0 Å². The van der Waals surface area contributed by atoms with Crippen LogP contribution in [0.5, 0.6) is 0 Å². The van der Waals surface area contributed by atoms with Crippen molar-refractivity contribution in [2.24, 2.45) is 4.99 Å². The number of hydrogen-bond acceptors (Lipinski definition) is 2. The first kappa shape index (κ1) is 11.5. The lowest BCUT2D eigenvalue weighted by molar-refractivity contribution is 0.0992. The molecule has 3 rings (SSSR count). The third-order valence-electron chi connectivity index (χ3n) is 3.92. The minimum atomic E-state index is -0.0617. The normalized spacial score (nSPS) is 28.7. The van der Waals surface area contributed by atoms with Crippen LogP contribution < -0.4 is 0 Å². The van der Waals surface area contributed by atoms with E-state index < -0.39 is 0 Å². The first-order chi connectivity index (χ1) is 8.76. The van der Waals surface area contributed by atoms with Crippen molar-refractivity contribution in [1.82, 2.24) is 0 Å². The van der Waals surface area contributed by atoms with Crippen molar-refractivity contribution in [2.75, 3.05) is 0 Å². The molecule has 2 aliphatic rings. The van der Waals surface area contributed by atoms with Gasteiger partial charge in [0.2, 0.25) is 5.90 Å². The molecule has 2 heteroatoms. The van der Waals surface area contributed by atoms with Crippen LogP contribution in [-0.2, 0) is 11.3 Å². The van der Waals surface area contributed by atoms with Gasteiger partial charge >= 0.3 is 0 Å². The Kier molecular flexibility index (Phi) is 2.94. The zero-order chi connectivity index (χ0) is 12.4. The molecule has 18 heavy (non-hydrogen) atoms. The lowest BCUT2D eigenvalue weighted by Gasteiger charge is -2.31. The van der Waals surface area contributed by atoms with Crippen LogP contribution in [0.25, 0.3) is 0 Å². The molecule has 0 bridgehead atoms. The summed E-state index contributed by atoms with van der Waals surface area (Å²) in [6.07, 6.45) is 7.00. The van der Waals surface area contributed by atoms with Crippen LogP contribution in [0.15, 0.2) is 47.0 Å². The highest BCUT2D eigenvalue weighted by Gasteiger charge is 2.38. The number of ether oxygens (including phenoxy) is 1. The second kappa shape index (κ2) is 4.60. The number of fused-ring (bicyclic) bond motifs is 1. The predicted molar refractivity (Wildman–Crippen MR) is 73.6 cm³/mol. The van der Waals surface area contributed by atoms with Gasteiger partial charge in [0, 0.05) is 6.08 Å². The quantitative estimate of drug-likeness (QED) is 0.770. The minimum absolute atomic E-state index is 0.0617. The average Bonchev–Trinajstić information content (AvgIpc) is 2.74. The van der Waals surface area contributed by atoms with Gasteiger partial charge in [-0.2, -0.15) is 0 Å². The summed E-state index contributed by atoms with van der Waals surface area (Å²) in [4.78, 5) is 4.58. The topological polar surface area (TPSA) is 21.6 Å². The molecule has 1 aromatic carbocycles. The fourth-order valence-electron chi connectivity index (χ4n) is 2.78. The number of hydrogen-bond donors (Lipinski definition) is 0. The van der Waals surface area contributed by atoms with Crippen molar-refractivity contribution in [3.05, 3.63) is 47.5 Å². The molecule has 1 aliphatic carbocycles. The van der Waals surface area contributed by atoms with E-state index in [4.69, 9.17) is 4.74 Å². The Morgan fingerprint density at radius 1 is 1.22 bits per heavy atom. The van der Waals surface area contributed by atoms with Crippen LogP contribution in [0.3, 0.4) is 0 Å². The Morgan fingerprint density at radius 3 is 2.83 bits per heavy atom. The van der Waals surface area contributed by atoms with Crippen LogP contribution in [0.4, 0.5) is 0 Å². The van der Waals surface area contributed by atoms with E-state index in [0.29, 0.717) is 6.54 Å². The van der Waals surface area contributed by atoms with Crippen molar-refractivity contribution in [3.8, 4) is 0 Å². The van der Waals surface area contributed by atoms with E-state index in [1.54, 1.807) is 0 Å². The van der Waals surface area contributed by atoms with Gasteiger partial charge in [-0.1, -0.05) is 30.3 Å². The van der Waals surface area contributed by atoms with Crippen molar-refractivity contribution in [2.45, 2.75) is 44.8 Å². The molecular weight excluding hydrogens is 222 g/mol. The molecule has 94 valence electrons. The largest absolute Gasteiger partial charge is 0.467 e. The fraction of sp³-hybridized carbons (Fsp3) is 0.438. The summed E-state index contributed by atoms with van der Waals surface area (Å²) in [5.41, 5.74) is 2.60. The molecule has 0 amide bonds. The predicted octanol–water partition coefficient (Wildman–Crippen LogP) is 3.87. The Balaban J connectivity index is 1.73. The maximum atomic E-state index is 6.03. The van der Waals surface area contributed by atoms with Gasteiger partial charge in [0.1, 0.15) is 5.60 Å². The van der Waals surface area contributed by atoms with Crippen LogP contribution in [0.1, 0.15) is 38.2 Å². The van der Waals surface area contributed by atoms with Gasteiger partial charge in [-0.15, -0.1) is 0 Å². The number of aliphatic imine (C=N–C) groups is 1. The fourth-order valence-corrected chi connectivity index (χ4v) is 2.78. The Hall–Kier alpha value is -1.57. The van der Waals surface area contributed by atoms with E-state index in [0.717, 1.165) is 12.3 Å². The molecule has 0 aromatic heterocycles. The highest BCUT2D eigenvalue weighted by molar-refractivity contribution is 5.91. The molecular formula is C16H19NO. The van der Waals surface area contributed by atoms with Crippen LogP contribution in [0.2, 0.25) is 0 Å². The zero-order valence-electron chi connectivity index (χ0n) is 10.9. The molecule has 0 N–H and O–H groups in total. The van der Waals surface area contributed by atoms with Crippen LogP contribution >= 0.6 is 0 Å². The third kappa shape index (κ3) is 2.20. The van der Waals surface area contributed by atoms with E-state index in [-0.39, 0.29) is 5.60 Å². The second-order valence-corrected chi connectivity index (χ2v) is 5.35. The molecule has 0 spiro atoms. The Labute approximate surface area is 108 Å². The van der Waals surface area contributed by atoms with Crippen LogP contribution in [0, 0.1) is 0 Å². The summed E-state index contributed by atoms with van der Waals surface area (Å²) >= 11 is 0. The summed E-state index contributed by atoms with van der Waals surface area (Å²) in [5.74, 6) is 0.818. The molecule has 1 atom stereocenters. The number of benzene rings is 1. The first-order valence-electron chi connectivity index (χ1n) is 6.75. The average molecular weight is 241 g/mol. The Morgan fingerprint density at radius 2 is 2.06 bits per heavy atom. The summed E-state index contributed by atoms with van der Waals surface area (Å²) in [5, 5.41) is 0. The molecule has 0 radical (unpaired) electrons. The molecule has 1 saturated carbocycles. The SMILES string of the molecule is CC12CCCCC1=CC(=NCc1ccccc1)O2.